The topological polar surface area (TPSA) is 106 Å². The van der Waals surface area contributed by atoms with Gasteiger partial charge in [-0.3, -0.25) is 4.79 Å². The van der Waals surface area contributed by atoms with Gasteiger partial charge in [0.25, 0.3) is 0 Å². The minimum absolute atomic E-state index is 0.0550. The first-order valence-corrected chi connectivity index (χ1v) is 7.69. The second-order valence-corrected chi connectivity index (χ2v) is 6.41. The van der Waals surface area contributed by atoms with Gasteiger partial charge in [-0.15, -0.1) is 0 Å². The molecule has 0 spiro atoms. The van der Waals surface area contributed by atoms with Gasteiger partial charge in [-0.1, -0.05) is 11.6 Å². The second kappa shape index (κ2) is 5.65. The third-order valence-electron chi connectivity index (χ3n) is 3.10. The van der Waals surface area contributed by atoms with Gasteiger partial charge in [0.2, 0.25) is 10.0 Å². The number of hydrogen-bond acceptors (Lipinski definition) is 5. The fourth-order valence-corrected chi connectivity index (χ4v) is 3.84. The van der Waals surface area contributed by atoms with Gasteiger partial charge in [0, 0.05) is 32.3 Å². The first-order valence-electron chi connectivity index (χ1n) is 5.83. The number of carbonyl (C=O) groups is 1. The fourth-order valence-electron chi connectivity index (χ4n) is 1.96. The molecule has 0 aromatic carbocycles. The van der Waals surface area contributed by atoms with Crippen LogP contribution < -0.4 is 4.72 Å². The molecule has 20 heavy (non-hydrogen) atoms. The predicted octanol–water partition coefficient (Wildman–Crippen LogP) is 0.647. The molecule has 0 unspecified atom stereocenters. The largest absolute Gasteiger partial charge is 0.480 e. The van der Waals surface area contributed by atoms with Crippen LogP contribution in [0.15, 0.2) is 23.2 Å². The van der Waals surface area contributed by atoms with Crippen molar-refractivity contribution in [1.82, 2.24) is 9.71 Å². The lowest BCUT2D eigenvalue weighted by molar-refractivity contribution is -0.147. The Labute approximate surface area is 121 Å². The van der Waals surface area contributed by atoms with Crippen LogP contribution in [0.1, 0.15) is 12.8 Å². The molecule has 110 valence electrons. The summed E-state index contributed by atoms with van der Waals surface area (Å²) in [4.78, 5) is 14.9. The first kappa shape index (κ1) is 15.2. The van der Waals surface area contributed by atoms with Gasteiger partial charge in [0.05, 0.1) is 0 Å². The molecule has 1 aromatic rings. The van der Waals surface area contributed by atoms with Gasteiger partial charge in [-0.25, -0.2) is 13.4 Å². The van der Waals surface area contributed by atoms with Crippen molar-refractivity contribution in [2.24, 2.45) is 0 Å². The molecule has 2 rings (SSSR count). The highest BCUT2D eigenvalue weighted by atomic mass is 35.5. The van der Waals surface area contributed by atoms with Gasteiger partial charge in [0.15, 0.2) is 0 Å². The lowest BCUT2D eigenvalue weighted by atomic mass is 9.92. The molecule has 1 aliphatic rings. The van der Waals surface area contributed by atoms with Crippen LogP contribution in [0, 0.1) is 0 Å². The average molecular weight is 321 g/mol. The molecule has 0 bridgehead atoms. The maximum Gasteiger partial charge on any atom is 0.325 e. The van der Waals surface area contributed by atoms with E-state index in [1.54, 1.807) is 0 Å². The highest BCUT2D eigenvalue weighted by Gasteiger charge is 2.44. The third-order valence-corrected chi connectivity index (χ3v) is 5.08. The molecule has 0 radical (unpaired) electrons. The Morgan fingerprint density at radius 1 is 1.45 bits per heavy atom. The molecule has 9 heteroatoms. The molecular weight excluding hydrogens is 308 g/mol. The molecule has 0 amide bonds. The predicted molar refractivity (Wildman–Crippen MR) is 70.0 cm³/mol. The monoisotopic (exact) mass is 320 g/mol. The van der Waals surface area contributed by atoms with Crippen LogP contribution in [-0.4, -0.2) is 43.2 Å². The quantitative estimate of drug-likeness (QED) is 0.789. The molecule has 0 aliphatic carbocycles. The van der Waals surface area contributed by atoms with Crippen molar-refractivity contribution in [3.8, 4) is 0 Å². The SMILES string of the molecule is O=C(O)C1(NS(=O)(=O)c2cccnc2Cl)CCOCC1. The Balaban J connectivity index is 2.35. The second-order valence-electron chi connectivity index (χ2n) is 4.40. The van der Waals surface area contributed by atoms with Gasteiger partial charge in [-0.2, -0.15) is 4.72 Å². The molecule has 1 aromatic heterocycles. The molecular formula is C11H13ClN2O5S. The molecule has 7 nitrogen and oxygen atoms in total. The fraction of sp³-hybridized carbons (Fsp3) is 0.455. The van der Waals surface area contributed by atoms with E-state index >= 15 is 0 Å². The number of hydrogen-bond donors (Lipinski definition) is 2. The van der Waals surface area contributed by atoms with E-state index in [1.165, 1.54) is 18.3 Å². The number of pyridine rings is 1. The van der Waals surface area contributed by atoms with Gasteiger partial charge in [-0.05, 0) is 12.1 Å². The summed E-state index contributed by atoms with van der Waals surface area (Å²) in [5.41, 5.74) is -1.57. The number of aliphatic carboxylic acids is 1. The van der Waals surface area contributed by atoms with Crippen molar-refractivity contribution in [3.63, 3.8) is 0 Å². The summed E-state index contributed by atoms with van der Waals surface area (Å²) in [5, 5.41) is 9.14. The maximum atomic E-state index is 12.3. The van der Waals surface area contributed by atoms with Crippen LogP contribution in [0.4, 0.5) is 0 Å². The van der Waals surface area contributed by atoms with Gasteiger partial charge in [0.1, 0.15) is 15.6 Å². The summed E-state index contributed by atoms with van der Waals surface area (Å²) in [5.74, 6) is -1.23. The molecule has 1 fully saturated rings. The number of rotatable bonds is 4. The van der Waals surface area contributed by atoms with E-state index in [2.05, 4.69) is 9.71 Å². The van der Waals surface area contributed by atoms with Crippen molar-refractivity contribution in [2.45, 2.75) is 23.3 Å². The van der Waals surface area contributed by atoms with E-state index in [0.29, 0.717) is 0 Å². The van der Waals surface area contributed by atoms with Crippen molar-refractivity contribution < 1.29 is 23.1 Å². The number of nitrogens with one attached hydrogen (secondary N) is 1. The van der Waals surface area contributed by atoms with Crippen LogP contribution in [0.25, 0.3) is 0 Å². The van der Waals surface area contributed by atoms with E-state index in [4.69, 9.17) is 16.3 Å². The van der Waals surface area contributed by atoms with Crippen molar-refractivity contribution in [1.29, 1.82) is 0 Å². The van der Waals surface area contributed by atoms with Crippen molar-refractivity contribution >= 4 is 27.6 Å². The molecule has 1 aliphatic heterocycles. The molecule has 2 heterocycles. The molecule has 0 saturated carbocycles. The minimum Gasteiger partial charge on any atom is -0.480 e. The Morgan fingerprint density at radius 2 is 2.10 bits per heavy atom. The number of ether oxygens (including phenoxy) is 1. The lowest BCUT2D eigenvalue weighted by Crippen LogP contribution is -2.57. The maximum absolute atomic E-state index is 12.3. The Bertz CT molecular complexity index is 613. The Kier molecular flexibility index (Phi) is 4.28. The Morgan fingerprint density at radius 3 is 2.65 bits per heavy atom. The van der Waals surface area contributed by atoms with Crippen LogP contribution in [0.2, 0.25) is 5.15 Å². The standard InChI is InChI=1S/C11H13ClN2O5S/c12-9-8(2-1-5-13-9)20(17,18)14-11(10(15)16)3-6-19-7-4-11/h1-2,5,14H,3-4,6-7H2,(H,15,16). The van der Waals surface area contributed by atoms with E-state index in [0.717, 1.165) is 0 Å². The summed E-state index contributed by atoms with van der Waals surface area (Å²) < 4.78 is 31.9. The number of sulfonamides is 1. The number of carboxylic acid groups (broad SMARTS) is 1. The van der Waals surface area contributed by atoms with Crippen LogP contribution in [-0.2, 0) is 19.6 Å². The summed E-state index contributed by atoms with van der Waals surface area (Å²) in [6, 6.07) is 2.68. The molecule has 2 N–H and O–H groups in total. The number of carboxylic acids is 1. The minimum atomic E-state index is -4.07. The zero-order valence-electron chi connectivity index (χ0n) is 10.4. The highest BCUT2D eigenvalue weighted by Crippen LogP contribution is 2.26. The lowest BCUT2D eigenvalue weighted by Gasteiger charge is -2.33. The number of nitrogens with zero attached hydrogens (tertiary/aromatic N) is 1. The van der Waals surface area contributed by atoms with E-state index < -0.39 is 21.5 Å². The third kappa shape index (κ3) is 2.93. The average Bonchev–Trinajstić information content (AvgIpc) is 2.39. The van der Waals surface area contributed by atoms with Gasteiger partial charge < -0.3 is 9.84 Å². The number of halogens is 1. The van der Waals surface area contributed by atoms with E-state index in [1.807, 2.05) is 0 Å². The van der Waals surface area contributed by atoms with Gasteiger partial charge >= 0.3 is 5.97 Å². The van der Waals surface area contributed by atoms with Crippen molar-refractivity contribution in [3.05, 3.63) is 23.5 Å². The zero-order chi connectivity index (χ0) is 14.8. The van der Waals surface area contributed by atoms with E-state index in [9.17, 15) is 18.3 Å². The summed E-state index contributed by atoms with van der Waals surface area (Å²) >= 11 is 5.75. The summed E-state index contributed by atoms with van der Waals surface area (Å²) in [6.07, 6.45) is 1.46. The normalized spacial score (nSPS) is 18.6. The highest BCUT2D eigenvalue weighted by molar-refractivity contribution is 7.89. The molecule has 1 saturated heterocycles. The molecule has 0 atom stereocenters. The van der Waals surface area contributed by atoms with Crippen LogP contribution >= 0.6 is 11.6 Å². The Hall–Kier alpha value is -1.22. The van der Waals surface area contributed by atoms with Crippen LogP contribution in [0.5, 0.6) is 0 Å². The summed E-state index contributed by atoms with van der Waals surface area (Å²) in [6.45, 7) is 0.352. The van der Waals surface area contributed by atoms with Crippen LogP contribution in [0.3, 0.4) is 0 Å². The smallest absolute Gasteiger partial charge is 0.325 e. The zero-order valence-corrected chi connectivity index (χ0v) is 11.9. The first-order chi connectivity index (χ1) is 9.37. The summed E-state index contributed by atoms with van der Waals surface area (Å²) in [7, 11) is -4.07. The van der Waals surface area contributed by atoms with Crippen molar-refractivity contribution in [2.75, 3.05) is 13.2 Å². The number of aromatic nitrogens is 1. The van der Waals surface area contributed by atoms with E-state index in [-0.39, 0.29) is 36.1 Å².